The van der Waals surface area contributed by atoms with E-state index in [1.54, 1.807) is 24.3 Å². The number of benzene rings is 2. The van der Waals surface area contributed by atoms with E-state index in [1.165, 1.54) is 0 Å². The number of amidine groups is 1. The molecule has 0 bridgehead atoms. The summed E-state index contributed by atoms with van der Waals surface area (Å²) in [5, 5.41) is 0. The van der Waals surface area contributed by atoms with Crippen molar-refractivity contribution in [2.24, 2.45) is 16.6 Å². The van der Waals surface area contributed by atoms with Crippen LogP contribution < -0.4 is 11.5 Å². The molecule has 0 unspecified atom stereocenters. The first-order chi connectivity index (χ1) is 11.1. The molecule has 0 radical (unpaired) electrons. The number of aliphatic imine (C=N–C) groups is 1. The van der Waals surface area contributed by atoms with Crippen LogP contribution in [0.15, 0.2) is 47.5 Å². The number of nitrogens with zero attached hydrogens (tertiary/aromatic N) is 1. The first-order valence-electron chi connectivity index (χ1n) is 7.42. The maximum atomic E-state index is 11.7. The van der Waals surface area contributed by atoms with Gasteiger partial charge in [0.1, 0.15) is 12.1 Å². The third kappa shape index (κ3) is 3.29. The second-order valence-corrected chi connectivity index (χ2v) is 5.65. The van der Waals surface area contributed by atoms with Gasteiger partial charge in [0.2, 0.25) is 0 Å². The van der Waals surface area contributed by atoms with E-state index in [4.69, 9.17) is 11.5 Å². The molecule has 1 amide bonds. The van der Waals surface area contributed by atoms with Crippen LogP contribution in [0.25, 0.3) is 11.1 Å². The number of anilines is 1. The van der Waals surface area contributed by atoms with E-state index in [0.717, 1.165) is 30.3 Å². The lowest BCUT2D eigenvalue weighted by Crippen LogP contribution is -2.18. The lowest BCUT2D eigenvalue weighted by atomic mass is 10.0. The third-order valence-electron chi connectivity index (χ3n) is 3.84. The van der Waals surface area contributed by atoms with Crippen molar-refractivity contribution in [1.82, 2.24) is 0 Å². The summed E-state index contributed by atoms with van der Waals surface area (Å²) in [6.07, 6.45) is 2.57. The van der Waals surface area contributed by atoms with Crippen molar-refractivity contribution in [2.45, 2.75) is 12.8 Å². The van der Waals surface area contributed by atoms with E-state index in [9.17, 15) is 9.59 Å². The van der Waals surface area contributed by atoms with Gasteiger partial charge in [0, 0.05) is 22.7 Å². The summed E-state index contributed by atoms with van der Waals surface area (Å²) < 4.78 is 0. The van der Waals surface area contributed by atoms with Gasteiger partial charge in [0.25, 0.3) is 5.91 Å². The molecule has 1 aliphatic carbocycles. The Kier molecular flexibility index (Phi) is 3.93. The summed E-state index contributed by atoms with van der Waals surface area (Å²) in [5.74, 6) is -0.00242. The maximum absolute atomic E-state index is 11.7. The van der Waals surface area contributed by atoms with Gasteiger partial charge in [-0.05, 0) is 42.2 Å². The topological polar surface area (TPSA) is 98.5 Å². The summed E-state index contributed by atoms with van der Waals surface area (Å²) >= 11 is 0. The Balaban J connectivity index is 1.90. The van der Waals surface area contributed by atoms with Gasteiger partial charge in [-0.25, -0.2) is 0 Å². The van der Waals surface area contributed by atoms with Gasteiger partial charge < -0.3 is 11.5 Å². The first-order valence-corrected chi connectivity index (χ1v) is 7.42. The molecule has 4 N–H and O–H groups in total. The number of hydrogen-bond acceptors (Lipinski definition) is 3. The van der Waals surface area contributed by atoms with Crippen LogP contribution in [0.4, 0.5) is 5.69 Å². The highest BCUT2D eigenvalue weighted by Gasteiger charge is 2.29. The van der Waals surface area contributed by atoms with Crippen LogP contribution in [-0.2, 0) is 4.79 Å². The molecule has 2 aromatic rings. The van der Waals surface area contributed by atoms with Crippen LogP contribution in [0.5, 0.6) is 0 Å². The Hall–Kier alpha value is -2.95. The fourth-order valence-electron chi connectivity index (χ4n) is 2.37. The molecule has 0 saturated heterocycles. The second kappa shape index (κ2) is 6.04. The molecule has 0 aliphatic heterocycles. The normalized spacial score (nSPS) is 14.5. The molecule has 3 rings (SSSR count). The Bertz CT molecular complexity index is 808. The minimum Gasteiger partial charge on any atom is -0.398 e. The standard InChI is InChI=1S/C18H17N3O2/c19-16-9-14(13-3-1-2-11(8-13)10-22)6-7-15(16)17(20)21-18(23)12-4-5-12/h1-3,6-10,12H,4-5,19H2,(H2,20,21,23). The Labute approximate surface area is 134 Å². The van der Waals surface area contributed by atoms with E-state index in [-0.39, 0.29) is 17.7 Å². The predicted octanol–water partition coefficient (Wildman–Crippen LogP) is 2.39. The SMILES string of the molecule is NC(=NC(=O)C1CC1)c1ccc(-c2cccc(C=O)c2)cc1N. The van der Waals surface area contributed by atoms with Crippen LogP contribution in [0.3, 0.4) is 0 Å². The largest absolute Gasteiger partial charge is 0.398 e. The van der Waals surface area contributed by atoms with E-state index in [1.807, 2.05) is 18.2 Å². The summed E-state index contributed by atoms with van der Waals surface area (Å²) in [6, 6.07) is 12.6. The fourth-order valence-corrected chi connectivity index (χ4v) is 2.37. The van der Waals surface area contributed by atoms with Gasteiger partial charge in [-0.2, -0.15) is 4.99 Å². The highest BCUT2D eigenvalue weighted by Crippen LogP contribution is 2.30. The van der Waals surface area contributed by atoms with Crippen LogP contribution >= 0.6 is 0 Å². The zero-order valence-corrected chi connectivity index (χ0v) is 12.5. The molecular formula is C18H17N3O2. The number of carbonyl (C=O) groups excluding carboxylic acids is 2. The lowest BCUT2D eigenvalue weighted by Gasteiger charge is -2.08. The van der Waals surface area contributed by atoms with Crippen molar-refractivity contribution in [2.75, 3.05) is 5.73 Å². The van der Waals surface area contributed by atoms with Crippen molar-refractivity contribution in [3.05, 3.63) is 53.6 Å². The minimum absolute atomic E-state index is 0.0279. The maximum Gasteiger partial charge on any atom is 0.250 e. The first kappa shape index (κ1) is 15.0. The molecule has 5 nitrogen and oxygen atoms in total. The molecule has 1 saturated carbocycles. The predicted molar refractivity (Wildman–Crippen MR) is 90.1 cm³/mol. The van der Waals surface area contributed by atoms with Crippen molar-refractivity contribution in [3.63, 3.8) is 0 Å². The van der Waals surface area contributed by atoms with E-state index in [2.05, 4.69) is 4.99 Å². The summed E-state index contributed by atoms with van der Waals surface area (Å²) in [4.78, 5) is 26.5. The molecular weight excluding hydrogens is 290 g/mol. The minimum atomic E-state index is -0.176. The third-order valence-corrected chi connectivity index (χ3v) is 3.84. The molecule has 2 aromatic carbocycles. The molecule has 116 valence electrons. The zero-order valence-electron chi connectivity index (χ0n) is 12.5. The average molecular weight is 307 g/mol. The summed E-state index contributed by atoms with van der Waals surface area (Å²) in [6.45, 7) is 0. The number of nitrogens with two attached hydrogens (primary N) is 2. The lowest BCUT2D eigenvalue weighted by molar-refractivity contribution is -0.118. The van der Waals surface area contributed by atoms with Crippen LogP contribution in [-0.4, -0.2) is 18.0 Å². The number of nitrogen functional groups attached to an aromatic ring is 1. The van der Waals surface area contributed by atoms with Gasteiger partial charge in [-0.15, -0.1) is 0 Å². The molecule has 23 heavy (non-hydrogen) atoms. The van der Waals surface area contributed by atoms with E-state index in [0.29, 0.717) is 16.8 Å². The smallest absolute Gasteiger partial charge is 0.250 e. The number of rotatable bonds is 4. The van der Waals surface area contributed by atoms with Crippen molar-refractivity contribution >= 4 is 23.7 Å². The van der Waals surface area contributed by atoms with Crippen LogP contribution in [0, 0.1) is 5.92 Å². The quantitative estimate of drug-likeness (QED) is 0.392. The van der Waals surface area contributed by atoms with Crippen molar-refractivity contribution in [1.29, 1.82) is 0 Å². The molecule has 5 heteroatoms. The Morgan fingerprint density at radius 3 is 2.52 bits per heavy atom. The molecule has 0 aromatic heterocycles. The van der Waals surface area contributed by atoms with Gasteiger partial charge in [-0.3, -0.25) is 9.59 Å². The highest BCUT2D eigenvalue weighted by molar-refractivity contribution is 6.08. The average Bonchev–Trinajstić information content (AvgIpc) is 3.39. The molecule has 0 atom stereocenters. The van der Waals surface area contributed by atoms with E-state index >= 15 is 0 Å². The molecule has 1 fully saturated rings. The highest BCUT2D eigenvalue weighted by atomic mass is 16.1. The number of hydrogen-bond donors (Lipinski definition) is 2. The van der Waals surface area contributed by atoms with Crippen LogP contribution in [0.2, 0.25) is 0 Å². The van der Waals surface area contributed by atoms with Gasteiger partial charge >= 0.3 is 0 Å². The van der Waals surface area contributed by atoms with Crippen molar-refractivity contribution in [3.8, 4) is 11.1 Å². The summed E-state index contributed by atoms with van der Waals surface area (Å²) in [7, 11) is 0. The molecule has 0 heterocycles. The van der Waals surface area contributed by atoms with Gasteiger partial charge in [0.05, 0.1) is 0 Å². The Morgan fingerprint density at radius 1 is 1.13 bits per heavy atom. The monoisotopic (exact) mass is 307 g/mol. The van der Waals surface area contributed by atoms with Crippen molar-refractivity contribution < 1.29 is 9.59 Å². The number of aldehydes is 1. The van der Waals surface area contributed by atoms with Gasteiger partial charge in [0.15, 0.2) is 0 Å². The summed E-state index contributed by atoms with van der Waals surface area (Å²) in [5.41, 5.74) is 15.3. The molecule has 0 spiro atoms. The van der Waals surface area contributed by atoms with E-state index < -0.39 is 0 Å². The van der Waals surface area contributed by atoms with Crippen LogP contribution in [0.1, 0.15) is 28.8 Å². The second-order valence-electron chi connectivity index (χ2n) is 5.65. The Morgan fingerprint density at radius 2 is 1.87 bits per heavy atom. The fraction of sp³-hybridized carbons (Fsp3) is 0.167. The zero-order chi connectivity index (χ0) is 16.4. The molecule has 1 aliphatic rings. The van der Waals surface area contributed by atoms with Gasteiger partial charge in [-0.1, -0.05) is 24.3 Å². The number of carbonyl (C=O) groups is 2. The number of amides is 1.